The molecule has 0 radical (unpaired) electrons. The van der Waals surface area contributed by atoms with Crippen molar-refractivity contribution in [1.29, 1.82) is 0 Å². The van der Waals surface area contributed by atoms with Crippen molar-refractivity contribution in [1.82, 2.24) is 5.32 Å². The van der Waals surface area contributed by atoms with Crippen molar-refractivity contribution in [2.75, 3.05) is 7.05 Å². The standard InChI is InChI=1S/C11H17NO2/c1-12-10(11(13)14)8-7-9-5-3-2-4-6-9/h2-3,5,10,12H,4,6-8H2,1H3,(H,13,14). The summed E-state index contributed by atoms with van der Waals surface area (Å²) in [5.41, 5.74) is 1.36. The Morgan fingerprint density at radius 3 is 3.00 bits per heavy atom. The summed E-state index contributed by atoms with van der Waals surface area (Å²) in [6, 6.07) is -0.415. The fraction of sp³-hybridized carbons (Fsp3) is 0.545. The molecule has 3 heteroatoms. The van der Waals surface area contributed by atoms with Crippen LogP contribution in [0.15, 0.2) is 23.8 Å². The van der Waals surface area contributed by atoms with E-state index in [0.29, 0.717) is 6.42 Å². The number of rotatable bonds is 5. The maximum atomic E-state index is 10.7. The van der Waals surface area contributed by atoms with E-state index < -0.39 is 12.0 Å². The summed E-state index contributed by atoms with van der Waals surface area (Å²) >= 11 is 0. The number of carboxylic acids is 1. The van der Waals surface area contributed by atoms with Crippen molar-refractivity contribution < 1.29 is 9.90 Å². The van der Waals surface area contributed by atoms with E-state index in [9.17, 15) is 4.79 Å². The molecule has 0 heterocycles. The highest BCUT2D eigenvalue weighted by Gasteiger charge is 2.14. The first-order valence-electron chi connectivity index (χ1n) is 4.98. The van der Waals surface area contributed by atoms with Crippen LogP contribution in [0.3, 0.4) is 0 Å². The van der Waals surface area contributed by atoms with Crippen LogP contribution in [0.25, 0.3) is 0 Å². The number of nitrogens with one attached hydrogen (secondary N) is 1. The second-order valence-corrected chi connectivity index (χ2v) is 3.51. The van der Waals surface area contributed by atoms with Gasteiger partial charge in [0.25, 0.3) is 0 Å². The molecule has 0 bridgehead atoms. The van der Waals surface area contributed by atoms with Gasteiger partial charge in [-0.15, -0.1) is 0 Å². The summed E-state index contributed by atoms with van der Waals surface area (Å²) in [6.07, 6.45) is 9.99. The Morgan fingerprint density at radius 2 is 2.50 bits per heavy atom. The normalized spacial score (nSPS) is 17.6. The van der Waals surface area contributed by atoms with Gasteiger partial charge in [0.2, 0.25) is 0 Å². The number of carboxylic acid groups (broad SMARTS) is 1. The van der Waals surface area contributed by atoms with Crippen LogP contribution < -0.4 is 5.32 Å². The Hall–Kier alpha value is -1.09. The molecule has 1 aliphatic rings. The van der Waals surface area contributed by atoms with Crippen molar-refractivity contribution >= 4 is 5.97 Å². The smallest absolute Gasteiger partial charge is 0.320 e. The zero-order valence-electron chi connectivity index (χ0n) is 8.49. The second kappa shape index (κ2) is 5.60. The van der Waals surface area contributed by atoms with Gasteiger partial charge in [0.15, 0.2) is 0 Å². The fourth-order valence-corrected chi connectivity index (χ4v) is 1.58. The Balaban J connectivity index is 2.34. The lowest BCUT2D eigenvalue weighted by Gasteiger charge is -2.13. The van der Waals surface area contributed by atoms with Gasteiger partial charge in [-0.3, -0.25) is 4.79 Å². The van der Waals surface area contributed by atoms with Crippen LogP contribution in [-0.4, -0.2) is 24.2 Å². The van der Waals surface area contributed by atoms with Crippen LogP contribution >= 0.6 is 0 Å². The highest BCUT2D eigenvalue weighted by molar-refractivity contribution is 5.73. The summed E-state index contributed by atoms with van der Waals surface area (Å²) in [5.74, 6) is -0.764. The Kier molecular flexibility index (Phi) is 4.40. The van der Waals surface area contributed by atoms with E-state index in [4.69, 9.17) is 5.11 Å². The third-order valence-electron chi connectivity index (χ3n) is 2.50. The molecule has 0 fully saturated rings. The lowest BCUT2D eigenvalue weighted by Crippen LogP contribution is -2.33. The van der Waals surface area contributed by atoms with E-state index in [1.54, 1.807) is 7.05 Å². The van der Waals surface area contributed by atoms with E-state index in [2.05, 4.69) is 17.5 Å². The molecule has 0 aliphatic heterocycles. The van der Waals surface area contributed by atoms with Crippen LogP contribution in [-0.2, 0) is 4.79 Å². The maximum Gasteiger partial charge on any atom is 0.320 e. The average molecular weight is 195 g/mol. The van der Waals surface area contributed by atoms with E-state index in [1.807, 2.05) is 6.08 Å². The van der Waals surface area contributed by atoms with Crippen molar-refractivity contribution in [2.45, 2.75) is 31.7 Å². The minimum absolute atomic E-state index is 0.415. The number of allylic oxidation sites excluding steroid dienone is 4. The second-order valence-electron chi connectivity index (χ2n) is 3.51. The number of carbonyl (C=O) groups is 1. The predicted octanol–water partition coefficient (Wildman–Crippen LogP) is 1.72. The number of aliphatic carboxylic acids is 1. The summed E-state index contributed by atoms with van der Waals surface area (Å²) in [4.78, 5) is 10.7. The van der Waals surface area contributed by atoms with Gasteiger partial charge < -0.3 is 10.4 Å². The quantitative estimate of drug-likeness (QED) is 0.702. The number of hydrogen-bond acceptors (Lipinski definition) is 2. The van der Waals surface area contributed by atoms with Gasteiger partial charge >= 0.3 is 5.97 Å². The van der Waals surface area contributed by atoms with E-state index >= 15 is 0 Å². The molecule has 14 heavy (non-hydrogen) atoms. The molecule has 0 spiro atoms. The lowest BCUT2D eigenvalue weighted by molar-refractivity contribution is -0.139. The summed E-state index contributed by atoms with van der Waals surface area (Å²) < 4.78 is 0. The Bertz CT molecular complexity index is 256. The van der Waals surface area contributed by atoms with Crippen molar-refractivity contribution in [3.8, 4) is 0 Å². The highest BCUT2D eigenvalue weighted by atomic mass is 16.4. The average Bonchev–Trinajstić information content (AvgIpc) is 2.20. The monoisotopic (exact) mass is 195 g/mol. The molecule has 0 saturated heterocycles. The molecule has 1 atom stereocenters. The Labute approximate surface area is 84.5 Å². The highest BCUT2D eigenvalue weighted by Crippen LogP contribution is 2.17. The molecule has 0 amide bonds. The molecule has 1 aliphatic carbocycles. The van der Waals surface area contributed by atoms with Crippen LogP contribution in [0.2, 0.25) is 0 Å². The van der Waals surface area contributed by atoms with Crippen molar-refractivity contribution in [3.05, 3.63) is 23.8 Å². The number of likely N-dealkylation sites (N-methyl/N-ethyl adjacent to an activating group) is 1. The molecule has 1 rings (SSSR count). The lowest BCUT2D eigenvalue weighted by atomic mass is 9.98. The van der Waals surface area contributed by atoms with Gasteiger partial charge in [0, 0.05) is 0 Å². The third-order valence-corrected chi connectivity index (χ3v) is 2.50. The molecule has 2 N–H and O–H groups in total. The minimum atomic E-state index is -0.764. The van der Waals surface area contributed by atoms with Gasteiger partial charge in [-0.2, -0.15) is 0 Å². The van der Waals surface area contributed by atoms with Gasteiger partial charge in [0.05, 0.1) is 0 Å². The molecule has 1 unspecified atom stereocenters. The third kappa shape index (κ3) is 3.34. The van der Waals surface area contributed by atoms with E-state index in [-0.39, 0.29) is 0 Å². The molecule has 0 aromatic heterocycles. The zero-order chi connectivity index (χ0) is 10.4. The van der Waals surface area contributed by atoms with Crippen LogP contribution in [0, 0.1) is 0 Å². The molecular formula is C11H17NO2. The molecular weight excluding hydrogens is 178 g/mol. The van der Waals surface area contributed by atoms with Crippen molar-refractivity contribution in [2.24, 2.45) is 0 Å². The topological polar surface area (TPSA) is 49.3 Å². The van der Waals surface area contributed by atoms with Crippen molar-refractivity contribution in [3.63, 3.8) is 0 Å². The Morgan fingerprint density at radius 1 is 1.71 bits per heavy atom. The van der Waals surface area contributed by atoms with E-state index in [0.717, 1.165) is 19.3 Å². The number of hydrogen-bond donors (Lipinski definition) is 2. The molecule has 3 nitrogen and oxygen atoms in total. The summed E-state index contributed by atoms with van der Waals surface area (Å²) in [7, 11) is 1.69. The molecule has 0 saturated carbocycles. The maximum absolute atomic E-state index is 10.7. The molecule has 78 valence electrons. The van der Waals surface area contributed by atoms with Crippen LogP contribution in [0.4, 0.5) is 0 Å². The van der Waals surface area contributed by atoms with Gasteiger partial charge in [0.1, 0.15) is 6.04 Å². The minimum Gasteiger partial charge on any atom is -0.480 e. The zero-order valence-corrected chi connectivity index (χ0v) is 8.49. The molecule has 0 aromatic rings. The summed E-state index contributed by atoms with van der Waals surface area (Å²) in [5, 5.41) is 11.6. The first-order valence-corrected chi connectivity index (χ1v) is 4.98. The van der Waals surface area contributed by atoms with Crippen LogP contribution in [0.5, 0.6) is 0 Å². The molecule has 0 aromatic carbocycles. The van der Waals surface area contributed by atoms with Gasteiger partial charge in [-0.25, -0.2) is 0 Å². The van der Waals surface area contributed by atoms with Gasteiger partial charge in [-0.05, 0) is 32.7 Å². The first kappa shape index (κ1) is 11.0. The van der Waals surface area contributed by atoms with Gasteiger partial charge in [-0.1, -0.05) is 23.8 Å². The largest absolute Gasteiger partial charge is 0.480 e. The first-order chi connectivity index (χ1) is 6.74. The summed E-state index contributed by atoms with van der Waals surface area (Å²) in [6.45, 7) is 0. The predicted molar refractivity (Wildman–Crippen MR) is 56.2 cm³/mol. The fourth-order valence-electron chi connectivity index (χ4n) is 1.58. The van der Waals surface area contributed by atoms with Crippen LogP contribution in [0.1, 0.15) is 25.7 Å². The van der Waals surface area contributed by atoms with E-state index in [1.165, 1.54) is 5.57 Å². The SMILES string of the molecule is CNC(CCC1=CC=CCC1)C(=O)O.